The number of hydrogen-bond donors (Lipinski definition) is 1. The largest absolute Gasteiger partial charge is 0.327 e. The van der Waals surface area contributed by atoms with Gasteiger partial charge in [0.15, 0.2) is 0 Å². The number of sulfonamides is 1. The monoisotopic (exact) mass is 272 g/mol. The van der Waals surface area contributed by atoms with Crippen LogP contribution < -0.4 is 5.73 Å². The molecule has 0 saturated carbocycles. The Bertz CT molecular complexity index is 545. The van der Waals surface area contributed by atoms with Crippen LogP contribution in [0.2, 0.25) is 0 Å². The van der Waals surface area contributed by atoms with E-state index in [-0.39, 0.29) is 17.5 Å². The molecule has 0 bridgehead atoms. The number of piperidine rings is 1. The molecule has 0 aliphatic carbocycles. The highest BCUT2D eigenvalue weighted by atomic mass is 32.2. The van der Waals surface area contributed by atoms with Crippen LogP contribution in [-0.4, -0.2) is 31.9 Å². The van der Waals surface area contributed by atoms with Gasteiger partial charge in [0.2, 0.25) is 10.0 Å². The lowest BCUT2D eigenvalue weighted by atomic mass is 10.1. The highest BCUT2D eigenvalue weighted by Crippen LogP contribution is 2.23. The Morgan fingerprint density at radius 2 is 2.17 bits per heavy atom. The SMILES string of the molecule is Cc1ccc(F)c(S(=O)(=O)N2CCC[C@H](N)C2)c1. The second kappa shape index (κ2) is 4.95. The van der Waals surface area contributed by atoms with Crippen molar-refractivity contribution in [3.63, 3.8) is 0 Å². The van der Waals surface area contributed by atoms with E-state index in [4.69, 9.17) is 5.73 Å². The predicted octanol–water partition coefficient (Wildman–Crippen LogP) is 1.25. The van der Waals surface area contributed by atoms with E-state index >= 15 is 0 Å². The molecule has 1 fully saturated rings. The standard InChI is InChI=1S/C12H17FN2O2S/c1-9-4-5-11(13)12(7-9)18(16,17)15-6-2-3-10(14)8-15/h4-5,7,10H,2-3,6,8,14H2,1H3/t10-/m0/s1. The fourth-order valence-corrected chi connectivity index (χ4v) is 3.82. The predicted molar refractivity (Wildman–Crippen MR) is 67.1 cm³/mol. The maximum atomic E-state index is 13.7. The Labute approximate surface area is 107 Å². The molecule has 0 amide bonds. The molecule has 1 aliphatic rings. The number of aryl methyl sites for hydroxylation is 1. The van der Waals surface area contributed by atoms with Gasteiger partial charge in [0.05, 0.1) is 0 Å². The van der Waals surface area contributed by atoms with Gasteiger partial charge in [-0.15, -0.1) is 0 Å². The van der Waals surface area contributed by atoms with Gasteiger partial charge < -0.3 is 5.73 Å². The average Bonchev–Trinajstić information content (AvgIpc) is 2.32. The Morgan fingerprint density at radius 1 is 1.44 bits per heavy atom. The summed E-state index contributed by atoms with van der Waals surface area (Å²) in [5.74, 6) is -0.709. The van der Waals surface area contributed by atoms with Crippen LogP contribution in [0.25, 0.3) is 0 Å². The first-order valence-corrected chi connectivity index (χ1v) is 7.37. The first-order chi connectivity index (χ1) is 8.41. The quantitative estimate of drug-likeness (QED) is 0.881. The molecule has 1 aromatic rings. The number of nitrogens with two attached hydrogens (primary N) is 1. The average molecular weight is 272 g/mol. The molecule has 6 heteroatoms. The summed E-state index contributed by atoms with van der Waals surface area (Å²) in [6.45, 7) is 2.40. The van der Waals surface area contributed by atoms with Crippen molar-refractivity contribution in [1.82, 2.24) is 4.31 Å². The summed E-state index contributed by atoms with van der Waals surface area (Å²) in [6, 6.07) is 3.94. The second-order valence-electron chi connectivity index (χ2n) is 4.70. The summed E-state index contributed by atoms with van der Waals surface area (Å²) < 4.78 is 39.6. The maximum absolute atomic E-state index is 13.7. The fourth-order valence-electron chi connectivity index (χ4n) is 2.14. The number of nitrogens with zero attached hydrogens (tertiary/aromatic N) is 1. The van der Waals surface area contributed by atoms with Crippen molar-refractivity contribution >= 4 is 10.0 Å². The molecular weight excluding hydrogens is 255 g/mol. The minimum absolute atomic E-state index is 0.165. The Kier molecular flexibility index (Phi) is 3.70. The Hall–Kier alpha value is -0.980. The second-order valence-corrected chi connectivity index (χ2v) is 6.61. The molecule has 2 N–H and O–H groups in total. The molecule has 1 atom stereocenters. The first-order valence-electron chi connectivity index (χ1n) is 5.93. The van der Waals surface area contributed by atoms with Crippen molar-refractivity contribution in [3.05, 3.63) is 29.6 Å². The Morgan fingerprint density at radius 3 is 2.83 bits per heavy atom. The highest BCUT2D eigenvalue weighted by Gasteiger charge is 2.30. The van der Waals surface area contributed by atoms with Crippen LogP contribution in [0.4, 0.5) is 4.39 Å². The van der Waals surface area contributed by atoms with Crippen LogP contribution in [0.3, 0.4) is 0 Å². The van der Waals surface area contributed by atoms with Gasteiger partial charge in [-0.2, -0.15) is 4.31 Å². The smallest absolute Gasteiger partial charge is 0.246 e. The van der Waals surface area contributed by atoms with E-state index in [0.29, 0.717) is 13.0 Å². The van der Waals surface area contributed by atoms with E-state index in [2.05, 4.69) is 0 Å². The molecule has 2 rings (SSSR count). The molecule has 100 valence electrons. The lowest BCUT2D eigenvalue weighted by Gasteiger charge is -2.30. The molecule has 4 nitrogen and oxygen atoms in total. The summed E-state index contributed by atoms with van der Waals surface area (Å²) >= 11 is 0. The van der Waals surface area contributed by atoms with E-state index in [1.807, 2.05) is 0 Å². The third-order valence-electron chi connectivity index (χ3n) is 3.13. The molecule has 18 heavy (non-hydrogen) atoms. The van der Waals surface area contributed by atoms with Crippen LogP contribution in [-0.2, 0) is 10.0 Å². The highest BCUT2D eigenvalue weighted by molar-refractivity contribution is 7.89. The molecule has 0 spiro atoms. The topological polar surface area (TPSA) is 63.4 Å². The lowest BCUT2D eigenvalue weighted by Crippen LogP contribution is -2.45. The van der Waals surface area contributed by atoms with Gasteiger partial charge in [-0.3, -0.25) is 0 Å². The number of benzene rings is 1. The van der Waals surface area contributed by atoms with Crippen molar-refractivity contribution in [3.8, 4) is 0 Å². The maximum Gasteiger partial charge on any atom is 0.246 e. The van der Waals surface area contributed by atoms with Crippen LogP contribution in [0.1, 0.15) is 18.4 Å². The normalized spacial score (nSPS) is 22.1. The molecular formula is C12H17FN2O2S. The van der Waals surface area contributed by atoms with Crippen molar-refractivity contribution in [2.75, 3.05) is 13.1 Å². The van der Waals surface area contributed by atoms with Crippen LogP contribution in [0.15, 0.2) is 23.1 Å². The van der Waals surface area contributed by atoms with Crippen LogP contribution >= 0.6 is 0 Å². The van der Waals surface area contributed by atoms with Gasteiger partial charge in [-0.25, -0.2) is 12.8 Å². The lowest BCUT2D eigenvalue weighted by molar-refractivity contribution is 0.315. The van der Waals surface area contributed by atoms with Crippen molar-refractivity contribution in [2.24, 2.45) is 5.73 Å². The fraction of sp³-hybridized carbons (Fsp3) is 0.500. The number of rotatable bonds is 2. The van der Waals surface area contributed by atoms with E-state index in [0.717, 1.165) is 12.0 Å². The summed E-state index contributed by atoms with van der Waals surface area (Å²) in [7, 11) is -3.77. The third-order valence-corrected chi connectivity index (χ3v) is 5.01. The van der Waals surface area contributed by atoms with Gasteiger partial charge in [0.1, 0.15) is 10.7 Å². The van der Waals surface area contributed by atoms with E-state index in [9.17, 15) is 12.8 Å². The molecule has 0 radical (unpaired) electrons. The first kappa shape index (κ1) is 13.5. The summed E-state index contributed by atoms with van der Waals surface area (Å²) in [6.07, 6.45) is 1.52. The van der Waals surface area contributed by atoms with Crippen molar-refractivity contribution in [1.29, 1.82) is 0 Å². The van der Waals surface area contributed by atoms with Crippen LogP contribution in [0, 0.1) is 12.7 Å². The molecule has 1 saturated heterocycles. The van der Waals surface area contributed by atoms with Crippen molar-refractivity contribution in [2.45, 2.75) is 30.7 Å². The molecule has 0 unspecified atom stereocenters. The van der Waals surface area contributed by atoms with E-state index in [1.54, 1.807) is 13.0 Å². The minimum atomic E-state index is -3.77. The molecule has 1 aromatic carbocycles. The zero-order valence-corrected chi connectivity index (χ0v) is 11.1. The number of halogens is 1. The molecule has 0 aromatic heterocycles. The van der Waals surface area contributed by atoms with Crippen LogP contribution in [0.5, 0.6) is 0 Å². The van der Waals surface area contributed by atoms with E-state index in [1.165, 1.54) is 16.4 Å². The zero-order chi connectivity index (χ0) is 13.3. The molecule has 1 heterocycles. The minimum Gasteiger partial charge on any atom is -0.327 e. The van der Waals surface area contributed by atoms with Crippen molar-refractivity contribution < 1.29 is 12.8 Å². The van der Waals surface area contributed by atoms with Gasteiger partial charge >= 0.3 is 0 Å². The summed E-state index contributed by atoms with van der Waals surface area (Å²) in [5.41, 5.74) is 6.49. The van der Waals surface area contributed by atoms with Gasteiger partial charge in [-0.1, -0.05) is 6.07 Å². The summed E-state index contributed by atoms with van der Waals surface area (Å²) in [5, 5.41) is 0. The Balaban J connectivity index is 2.38. The molecule has 1 aliphatic heterocycles. The van der Waals surface area contributed by atoms with E-state index < -0.39 is 15.8 Å². The zero-order valence-electron chi connectivity index (χ0n) is 10.3. The third kappa shape index (κ3) is 2.55. The summed E-state index contributed by atoms with van der Waals surface area (Å²) in [4.78, 5) is -0.253. The number of hydrogen-bond acceptors (Lipinski definition) is 3. The van der Waals surface area contributed by atoms with Gasteiger partial charge in [0.25, 0.3) is 0 Å². The van der Waals surface area contributed by atoms with Gasteiger partial charge in [0, 0.05) is 19.1 Å². The van der Waals surface area contributed by atoms with Gasteiger partial charge in [-0.05, 0) is 37.5 Å².